The van der Waals surface area contributed by atoms with Crippen LogP contribution in [0.4, 0.5) is 0 Å². The van der Waals surface area contributed by atoms with Gasteiger partial charge in [-0.3, -0.25) is 15.6 Å². The molecule has 6 heteroatoms. The van der Waals surface area contributed by atoms with Crippen molar-refractivity contribution in [1.82, 2.24) is 16.2 Å². The molecule has 15 heavy (non-hydrogen) atoms. The van der Waals surface area contributed by atoms with Gasteiger partial charge < -0.3 is 5.32 Å². The second-order valence-electron chi connectivity index (χ2n) is 3.18. The van der Waals surface area contributed by atoms with Crippen LogP contribution in [0.2, 0.25) is 0 Å². The maximum atomic E-state index is 11.4. The number of rotatable bonds is 2. The first kappa shape index (κ1) is 11.9. The van der Waals surface area contributed by atoms with Crippen LogP contribution in [0.5, 0.6) is 0 Å². The molecule has 0 fully saturated rings. The lowest BCUT2D eigenvalue weighted by atomic mass is 10.4. The molecule has 0 radical (unpaired) electrons. The summed E-state index contributed by atoms with van der Waals surface area (Å²) in [6, 6.07) is 3.81. The Bertz CT molecular complexity index is 335. The van der Waals surface area contributed by atoms with Crippen molar-refractivity contribution >= 4 is 34.6 Å². The van der Waals surface area contributed by atoms with Gasteiger partial charge in [0.05, 0.1) is 4.88 Å². The number of hydrazine groups is 1. The average molecular weight is 243 g/mol. The van der Waals surface area contributed by atoms with Gasteiger partial charge in [-0.2, -0.15) is 0 Å². The van der Waals surface area contributed by atoms with Crippen LogP contribution in [0.25, 0.3) is 0 Å². The van der Waals surface area contributed by atoms with E-state index in [-0.39, 0.29) is 11.9 Å². The largest absolute Gasteiger partial charge is 0.359 e. The van der Waals surface area contributed by atoms with Gasteiger partial charge in [0, 0.05) is 6.04 Å². The van der Waals surface area contributed by atoms with Gasteiger partial charge in [-0.15, -0.1) is 11.3 Å². The summed E-state index contributed by atoms with van der Waals surface area (Å²) in [5, 5.41) is 5.21. The zero-order valence-electron chi connectivity index (χ0n) is 8.53. The summed E-state index contributed by atoms with van der Waals surface area (Å²) in [5.74, 6) is -0.182. The minimum Gasteiger partial charge on any atom is -0.359 e. The highest BCUT2D eigenvalue weighted by atomic mass is 32.1. The molecule has 4 nitrogen and oxygen atoms in total. The quantitative estimate of drug-likeness (QED) is 0.541. The van der Waals surface area contributed by atoms with Crippen molar-refractivity contribution in [3.8, 4) is 0 Å². The lowest BCUT2D eigenvalue weighted by molar-refractivity contribution is 0.0947. The fraction of sp³-hybridized carbons (Fsp3) is 0.333. The molecular weight excluding hydrogens is 230 g/mol. The van der Waals surface area contributed by atoms with E-state index in [1.165, 1.54) is 11.3 Å². The number of hydrogen-bond donors (Lipinski definition) is 3. The smallest absolute Gasteiger partial charge is 0.279 e. The van der Waals surface area contributed by atoms with Crippen LogP contribution in [-0.2, 0) is 0 Å². The molecule has 1 amide bonds. The van der Waals surface area contributed by atoms with Crippen LogP contribution in [-0.4, -0.2) is 17.1 Å². The maximum absolute atomic E-state index is 11.4. The summed E-state index contributed by atoms with van der Waals surface area (Å²) in [7, 11) is 0. The Morgan fingerprint density at radius 3 is 2.73 bits per heavy atom. The van der Waals surface area contributed by atoms with Gasteiger partial charge in [-0.1, -0.05) is 6.07 Å². The predicted octanol–water partition coefficient (Wildman–Crippen LogP) is 1.27. The molecular formula is C9H13N3OS2. The highest BCUT2D eigenvalue weighted by Gasteiger charge is 2.06. The van der Waals surface area contributed by atoms with E-state index in [9.17, 15) is 4.79 Å². The second-order valence-corrected chi connectivity index (χ2v) is 4.54. The molecule has 0 saturated carbocycles. The summed E-state index contributed by atoms with van der Waals surface area (Å²) in [6.07, 6.45) is 0. The van der Waals surface area contributed by atoms with Crippen molar-refractivity contribution in [2.24, 2.45) is 0 Å². The lowest BCUT2D eigenvalue weighted by Gasteiger charge is -2.13. The third-order valence-electron chi connectivity index (χ3n) is 1.45. The molecule has 1 aromatic heterocycles. The van der Waals surface area contributed by atoms with Crippen molar-refractivity contribution in [3.63, 3.8) is 0 Å². The first-order valence-electron chi connectivity index (χ1n) is 4.50. The van der Waals surface area contributed by atoms with Crippen molar-refractivity contribution in [2.45, 2.75) is 19.9 Å². The predicted molar refractivity (Wildman–Crippen MR) is 65.8 cm³/mol. The molecule has 0 bridgehead atoms. The molecule has 0 unspecified atom stereocenters. The molecule has 0 spiro atoms. The molecule has 1 heterocycles. The molecule has 0 saturated heterocycles. The molecule has 1 rings (SSSR count). The number of amides is 1. The van der Waals surface area contributed by atoms with E-state index in [0.29, 0.717) is 9.99 Å². The first-order chi connectivity index (χ1) is 7.09. The zero-order chi connectivity index (χ0) is 11.3. The van der Waals surface area contributed by atoms with E-state index in [0.717, 1.165) is 0 Å². The molecule has 0 atom stereocenters. The molecule has 0 aromatic carbocycles. The number of nitrogens with one attached hydrogen (secondary N) is 3. The van der Waals surface area contributed by atoms with Gasteiger partial charge in [0.2, 0.25) is 0 Å². The van der Waals surface area contributed by atoms with Crippen LogP contribution in [0.1, 0.15) is 23.5 Å². The zero-order valence-corrected chi connectivity index (χ0v) is 10.2. The summed E-state index contributed by atoms with van der Waals surface area (Å²) >= 11 is 6.33. The number of carbonyl (C=O) groups is 1. The van der Waals surface area contributed by atoms with E-state index >= 15 is 0 Å². The Morgan fingerprint density at radius 1 is 1.47 bits per heavy atom. The van der Waals surface area contributed by atoms with Gasteiger partial charge in [-0.25, -0.2) is 0 Å². The minimum absolute atomic E-state index is 0.182. The summed E-state index contributed by atoms with van der Waals surface area (Å²) in [6.45, 7) is 3.93. The topological polar surface area (TPSA) is 53.2 Å². The van der Waals surface area contributed by atoms with Crippen LogP contribution in [0.15, 0.2) is 17.5 Å². The maximum Gasteiger partial charge on any atom is 0.279 e. The third-order valence-corrected chi connectivity index (χ3v) is 2.54. The van der Waals surface area contributed by atoms with Crippen LogP contribution < -0.4 is 16.2 Å². The van der Waals surface area contributed by atoms with E-state index in [1.54, 1.807) is 6.07 Å². The average Bonchev–Trinajstić information content (AvgIpc) is 2.65. The second kappa shape index (κ2) is 5.67. The molecule has 0 aliphatic carbocycles. The van der Waals surface area contributed by atoms with E-state index in [4.69, 9.17) is 12.2 Å². The van der Waals surface area contributed by atoms with Crippen molar-refractivity contribution in [3.05, 3.63) is 22.4 Å². The lowest BCUT2D eigenvalue weighted by Crippen LogP contribution is -2.48. The Balaban J connectivity index is 2.32. The fourth-order valence-corrected chi connectivity index (χ4v) is 1.79. The SMILES string of the molecule is CC(C)NC(=S)NNC(=O)c1cccs1. The monoisotopic (exact) mass is 243 g/mol. The molecule has 82 valence electrons. The molecule has 0 aliphatic rings. The van der Waals surface area contributed by atoms with E-state index < -0.39 is 0 Å². The Hall–Kier alpha value is -1.14. The highest BCUT2D eigenvalue weighted by Crippen LogP contribution is 2.06. The molecule has 3 N–H and O–H groups in total. The Labute approximate surface area is 98.0 Å². The van der Waals surface area contributed by atoms with Gasteiger partial charge in [0.25, 0.3) is 5.91 Å². The van der Waals surface area contributed by atoms with Gasteiger partial charge in [-0.05, 0) is 37.5 Å². The highest BCUT2D eigenvalue weighted by molar-refractivity contribution is 7.80. The standard InChI is InChI=1S/C9H13N3OS2/c1-6(2)10-9(14)12-11-8(13)7-4-3-5-15-7/h3-6H,1-2H3,(H,11,13)(H2,10,12,14). The van der Waals surface area contributed by atoms with Crippen LogP contribution in [0.3, 0.4) is 0 Å². The van der Waals surface area contributed by atoms with Gasteiger partial charge in [0.1, 0.15) is 0 Å². The normalized spacial score (nSPS) is 9.80. The van der Waals surface area contributed by atoms with Crippen molar-refractivity contribution in [1.29, 1.82) is 0 Å². The van der Waals surface area contributed by atoms with E-state index in [1.807, 2.05) is 25.3 Å². The number of thiophene rings is 1. The number of carbonyl (C=O) groups excluding carboxylic acids is 1. The van der Waals surface area contributed by atoms with Crippen molar-refractivity contribution in [2.75, 3.05) is 0 Å². The van der Waals surface area contributed by atoms with E-state index in [2.05, 4.69) is 16.2 Å². The summed E-state index contributed by atoms with van der Waals surface area (Å²) < 4.78 is 0. The van der Waals surface area contributed by atoms with Crippen LogP contribution in [0, 0.1) is 0 Å². The summed E-state index contributed by atoms with van der Waals surface area (Å²) in [5.41, 5.74) is 5.14. The van der Waals surface area contributed by atoms with Crippen LogP contribution >= 0.6 is 23.6 Å². The van der Waals surface area contributed by atoms with Crippen molar-refractivity contribution < 1.29 is 4.79 Å². The number of thiocarbonyl (C=S) groups is 1. The Morgan fingerprint density at radius 2 is 2.20 bits per heavy atom. The molecule has 1 aromatic rings. The first-order valence-corrected chi connectivity index (χ1v) is 5.78. The minimum atomic E-state index is -0.182. The van der Waals surface area contributed by atoms with Gasteiger partial charge >= 0.3 is 0 Å². The Kier molecular flexibility index (Phi) is 4.51. The fourth-order valence-electron chi connectivity index (χ4n) is 0.881. The summed E-state index contributed by atoms with van der Waals surface area (Å²) in [4.78, 5) is 12.1. The third kappa shape index (κ3) is 4.26. The number of hydrogen-bond acceptors (Lipinski definition) is 3. The van der Waals surface area contributed by atoms with Gasteiger partial charge in [0.15, 0.2) is 5.11 Å². The molecule has 0 aliphatic heterocycles.